The molecule has 0 amide bonds. The van der Waals surface area contributed by atoms with Crippen molar-refractivity contribution in [3.63, 3.8) is 0 Å². The summed E-state index contributed by atoms with van der Waals surface area (Å²) in [5, 5.41) is 0. The van der Waals surface area contributed by atoms with Gasteiger partial charge in [0.2, 0.25) is 0 Å². The Labute approximate surface area is 155 Å². The Morgan fingerprint density at radius 3 is 2.46 bits per heavy atom. The molecule has 0 fully saturated rings. The molecule has 0 bridgehead atoms. The van der Waals surface area contributed by atoms with Gasteiger partial charge in [-0.3, -0.25) is 0 Å². The van der Waals surface area contributed by atoms with Crippen molar-refractivity contribution in [1.82, 2.24) is 4.90 Å². The molecule has 1 aliphatic rings. The van der Waals surface area contributed by atoms with Crippen LogP contribution in [0.25, 0.3) is 0 Å². The minimum atomic E-state index is -0.228. The molecule has 26 heavy (non-hydrogen) atoms. The van der Waals surface area contributed by atoms with Crippen LogP contribution in [0.1, 0.15) is 30.4 Å². The quantitative estimate of drug-likeness (QED) is 0.581. The summed E-state index contributed by atoms with van der Waals surface area (Å²) in [4.78, 5) is 14.5. The molecule has 0 aliphatic carbocycles. The van der Waals surface area contributed by atoms with Crippen molar-refractivity contribution in [2.24, 2.45) is 0 Å². The fourth-order valence-electron chi connectivity index (χ4n) is 3.20. The van der Waals surface area contributed by atoms with E-state index < -0.39 is 0 Å². The van der Waals surface area contributed by atoms with Crippen LogP contribution in [0.2, 0.25) is 0 Å². The molecule has 0 saturated heterocycles. The molecule has 0 saturated carbocycles. The summed E-state index contributed by atoms with van der Waals surface area (Å²) in [6, 6.07) is 20.8. The summed E-state index contributed by atoms with van der Waals surface area (Å²) in [6.45, 7) is 3.81. The molecule has 3 heteroatoms. The Kier molecular flexibility index (Phi) is 6.26. The maximum Gasteiger partial charge on any atom is 0.335 e. The maximum atomic E-state index is 12.3. The summed E-state index contributed by atoms with van der Waals surface area (Å²) < 4.78 is 5.22. The first-order valence-electron chi connectivity index (χ1n) is 9.13. The highest BCUT2D eigenvalue weighted by atomic mass is 16.5. The zero-order valence-electron chi connectivity index (χ0n) is 15.2. The summed E-state index contributed by atoms with van der Waals surface area (Å²) in [5.74, 6) is 0.0632. The molecule has 3 nitrogen and oxygen atoms in total. The third-order valence-electron chi connectivity index (χ3n) is 4.47. The van der Waals surface area contributed by atoms with E-state index in [1.54, 1.807) is 0 Å². The van der Waals surface area contributed by atoms with Gasteiger partial charge in [-0.1, -0.05) is 72.8 Å². The van der Waals surface area contributed by atoms with Gasteiger partial charge in [0, 0.05) is 25.2 Å². The fourth-order valence-corrected chi connectivity index (χ4v) is 3.20. The molecule has 0 aromatic heterocycles. The van der Waals surface area contributed by atoms with Crippen LogP contribution in [0.3, 0.4) is 0 Å². The summed E-state index contributed by atoms with van der Waals surface area (Å²) in [5.41, 5.74) is 3.21. The number of carbonyl (C=O) groups is 1. The summed E-state index contributed by atoms with van der Waals surface area (Å²) >= 11 is 0. The average Bonchev–Trinajstić information content (AvgIpc) is 2.65. The van der Waals surface area contributed by atoms with Crippen molar-refractivity contribution in [1.29, 1.82) is 0 Å². The molecule has 1 aliphatic heterocycles. The molecule has 134 valence electrons. The summed E-state index contributed by atoms with van der Waals surface area (Å²) in [7, 11) is 0. The van der Waals surface area contributed by atoms with Gasteiger partial charge >= 0.3 is 5.97 Å². The van der Waals surface area contributed by atoms with Crippen LogP contribution in [-0.2, 0) is 16.1 Å². The van der Waals surface area contributed by atoms with Gasteiger partial charge < -0.3 is 9.64 Å². The first-order valence-corrected chi connectivity index (χ1v) is 9.13. The highest BCUT2D eigenvalue weighted by Crippen LogP contribution is 2.24. The first kappa shape index (κ1) is 18.0. The third-order valence-corrected chi connectivity index (χ3v) is 4.47. The lowest BCUT2D eigenvalue weighted by Crippen LogP contribution is -2.25. The van der Waals surface area contributed by atoms with Gasteiger partial charge in [-0.05, 0) is 24.5 Å². The summed E-state index contributed by atoms with van der Waals surface area (Å²) in [6.07, 6.45) is 6.86. The van der Waals surface area contributed by atoms with E-state index in [2.05, 4.69) is 53.5 Å². The number of ether oxygens (including phenoxy) is 1. The van der Waals surface area contributed by atoms with Crippen LogP contribution in [0.15, 0.2) is 84.6 Å². The SMILES string of the molecule is CCOC(=O)/C1=C/N(Cc2ccccc2)C[C@@H](c2ccccc2)/C=C\C1. The second kappa shape index (κ2) is 9.04. The van der Waals surface area contributed by atoms with Crippen molar-refractivity contribution < 1.29 is 9.53 Å². The van der Waals surface area contributed by atoms with Gasteiger partial charge in [-0.15, -0.1) is 0 Å². The van der Waals surface area contributed by atoms with E-state index in [1.807, 2.05) is 37.4 Å². The van der Waals surface area contributed by atoms with E-state index >= 15 is 0 Å². The van der Waals surface area contributed by atoms with E-state index in [4.69, 9.17) is 4.74 Å². The van der Waals surface area contributed by atoms with Gasteiger partial charge in [0.05, 0.1) is 12.2 Å². The number of allylic oxidation sites excluding steroid dienone is 1. The van der Waals surface area contributed by atoms with Crippen molar-refractivity contribution in [2.75, 3.05) is 13.2 Å². The minimum absolute atomic E-state index is 0.228. The topological polar surface area (TPSA) is 29.5 Å². The first-order chi connectivity index (χ1) is 12.8. The van der Waals surface area contributed by atoms with E-state index in [9.17, 15) is 4.79 Å². The van der Waals surface area contributed by atoms with E-state index in [0.29, 0.717) is 24.5 Å². The molecule has 2 aromatic rings. The number of esters is 1. The zero-order chi connectivity index (χ0) is 18.2. The lowest BCUT2D eigenvalue weighted by atomic mass is 9.95. The van der Waals surface area contributed by atoms with Crippen LogP contribution in [0, 0.1) is 0 Å². The second-order valence-electron chi connectivity index (χ2n) is 6.44. The van der Waals surface area contributed by atoms with Crippen LogP contribution in [0.4, 0.5) is 0 Å². The van der Waals surface area contributed by atoms with Gasteiger partial charge in [0.25, 0.3) is 0 Å². The number of nitrogens with zero attached hydrogens (tertiary/aromatic N) is 1. The Hall–Kier alpha value is -2.81. The lowest BCUT2D eigenvalue weighted by Gasteiger charge is -2.28. The molecule has 0 spiro atoms. The van der Waals surface area contributed by atoms with E-state index in [1.165, 1.54) is 11.1 Å². The third kappa shape index (κ3) is 4.85. The molecular formula is C23H25NO2. The van der Waals surface area contributed by atoms with Crippen LogP contribution in [-0.4, -0.2) is 24.0 Å². The maximum absolute atomic E-state index is 12.3. The van der Waals surface area contributed by atoms with Crippen molar-refractivity contribution in [3.05, 3.63) is 95.7 Å². The fraction of sp³-hybridized carbons (Fsp3) is 0.261. The van der Waals surface area contributed by atoms with Crippen molar-refractivity contribution in [2.45, 2.75) is 25.8 Å². The highest BCUT2D eigenvalue weighted by molar-refractivity contribution is 5.88. The average molecular weight is 347 g/mol. The monoisotopic (exact) mass is 347 g/mol. The normalized spacial score (nSPS) is 20.4. The molecular weight excluding hydrogens is 322 g/mol. The number of carbonyl (C=O) groups excluding carboxylic acids is 1. The highest BCUT2D eigenvalue weighted by Gasteiger charge is 2.18. The van der Waals surface area contributed by atoms with E-state index in [0.717, 1.165) is 13.1 Å². The molecule has 0 radical (unpaired) electrons. The number of hydrogen-bond donors (Lipinski definition) is 0. The number of benzene rings is 2. The Morgan fingerprint density at radius 1 is 1.08 bits per heavy atom. The van der Waals surface area contributed by atoms with E-state index in [-0.39, 0.29) is 5.97 Å². The molecule has 0 N–H and O–H groups in total. The molecule has 0 unspecified atom stereocenters. The number of rotatable bonds is 5. The lowest BCUT2D eigenvalue weighted by molar-refractivity contribution is -0.138. The smallest absolute Gasteiger partial charge is 0.335 e. The Balaban J connectivity index is 1.86. The van der Waals surface area contributed by atoms with Crippen LogP contribution in [0.5, 0.6) is 0 Å². The van der Waals surface area contributed by atoms with Gasteiger partial charge in [-0.25, -0.2) is 4.79 Å². The van der Waals surface area contributed by atoms with Crippen LogP contribution >= 0.6 is 0 Å². The Morgan fingerprint density at radius 2 is 1.77 bits per heavy atom. The van der Waals surface area contributed by atoms with Gasteiger partial charge in [0.15, 0.2) is 0 Å². The molecule has 1 atom stereocenters. The number of hydrogen-bond acceptors (Lipinski definition) is 3. The predicted octanol–water partition coefficient (Wildman–Crippen LogP) is 4.68. The largest absolute Gasteiger partial charge is 0.463 e. The minimum Gasteiger partial charge on any atom is -0.463 e. The Bertz CT molecular complexity index is 765. The van der Waals surface area contributed by atoms with Crippen LogP contribution < -0.4 is 0 Å². The zero-order valence-corrected chi connectivity index (χ0v) is 15.2. The second-order valence-corrected chi connectivity index (χ2v) is 6.44. The predicted molar refractivity (Wildman–Crippen MR) is 105 cm³/mol. The standard InChI is InChI=1S/C23H25NO2/c1-2-26-23(25)22-15-9-14-21(20-12-7-4-8-13-20)17-24(18-22)16-19-10-5-3-6-11-19/h3-14,18,21H,2,15-17H2,1H3/b14-9-,22-18+/t21-/m0/s1. The van der Waals surface area contributed by atoms with Crippen molar-refractivity contribution >= 4 is 5.97 Å². The van der Waals surface area contributed by atoms with Gasteiger partial charge in [-0.2, -0.15) is 0 Å². The van der Waals surface area contributed by atoms with Crippen molar-refractivity contribution in [3.8, 4) is 0 Å². The molecule has 2 aromatic carbocycles. The molecule has 1 heterocycles. The molecule has 3 rings (SSSR count). The van der Waals surface area contributed by atoms with Gasteiger partial charge in [0.1, 0.15) is 0 Å².